The van der Waals surface area contributed by atoms with Gasteiger partial charge in [0.25, 0.3) is 0 Å². The molecule has 6 nitrogen and oxygen atoms in total. The molecule has 0 saturated carbocycles. The molecule has 1 atom stereocenters. The van der Waals surface area contributed by atoms with Crippen LogP contribution in [0.3, 0.4) is 0 Å². The highest BCUT2D eigenvalue weighted by molar-refractivity contribution is 9.10. The van der Waals surface area contributed by atoms with Crippen molar-refractivity contribution < 1.29 is 14.6 Å². The van der Waals surface area contributed by atoms with Crippen LogP contribution in [0.25, 0.3) is 0 Å². The molecule has 0 bridgehead atoms. The van der Waals surface area contributed by atoms with E-state index >= 15 is 0 Å². The predicted molar refractivity (Wildman–Crippen MR) is 125 cm³/mol. The number of aromatic hydroxyl groups is 1. The van der Waals surface area contributed by atoms with E-state index in [1.165, 1.54) is 0 Å². The summed E-state index contributed by atoms with van der Waals surface area (Å²) in [7, 11) is 0. The molecule has 1 spiro atoms. The SMILES string of the molecule is CCOc1ccc(C2=NC3(CCN(C(C)=O)CC3)NC(c3cc(Br)ccc3O)C2)cc1. The van der Waals surface area contributed by atoms with Crippen molar-refractivity contribution in [3.8, 4) is 11.5 Å². The highest BCUT2D eigenvalue weighted by Crippen LogP contribution is 2.38. The van der Waals surface area contributed by atoms with Crippen molar-refractivity contribution in [2.75, 3.05) is 19.7 Å². The number of piperidine rings is 1. The van der Waals surface area contributed by atoms with Crippen LogP contribution in [0.4, 0.5) is 0 Å². The number of amides is 1. The summed E-state index contributed by atoms with van der Waals surface area (Å²) in [5, 5.41) is 14.3. The lowest BCUT2D eigenvalue weighted by molar-refractivity contribution is -0.130. The molecule has 1 saturated heterocycles. The van der Waals surface area contributed by atoms with Crippen LogP contribution in [-0.4, -0.2) is 47.0 Å². The van der Waals surface area contributed by atoms with E-state index in [1.54, 1.807) is 13.0 Å². The Morgan fingerprint density at radius 3 is 2.61 bits per heavy atom. The molecule has 164 valence electrons. The van der Waals surface area contributed by atoms with Crippen molar-refractivity contribution in [1.82, 2.24) is 10.2 Å². The number of phenolic OH excluding ortho intramolecular Hbond substituents is 1. The average molecular weight is 486 g/mol. The first-order valence-corrected chi connectivity index (χ1v) is 11.5. The van der Waals surface area contributed by atoms with Gasteiger partial charge >= 0.3 is 0 Å². The number of carbonyl (C=O) groups excluding carboxylic acids is 1. The molecule has 31 heavy (non-hydrogen) atoms. The number of halogens is 1. The number of aliphatic imine (C=N–C) groups is 1. The van der Waals surface area contributed by atoms with Crippen molar-refractivity contribution in [3.05, 3.63) is 58.1 Å². The molecule has 0 radical (unpaired) electrons. The van der Waals surface area contributed by atoms with Gasteiger partial charge in [0.05, 0.1) is 6.61 Å². The fourth-order valence-electron chi connectivity index (χ4n) is 4.44. The number of nitrogens with zero attached hydrogens (tertiary/aromatic N) is 2. The van der Waals surface area contributed by atoms with Crippen LogP contribution in [0, 0.1) is 0 Å². The number of rotatable bonds is 4. The summed E-state index contributed by atoms with van der Waals surface area (Å²) in [6.07, 6.45) is 2.13. The van der Waals surface area contributed by atoms with Gasteiger partial charge in [-0.25, -0.2) is 0 Å². The van der Waals surface area contributed by atoms with Crippen LogP contribution in [0.1, 0.15) is 50.3 Å². The largest absolute Gasteiger partial charge is 0.508 e. The van der Waals surface area contributed by atoms with E-state index in [-0.39, 0.29) is 17.7 Å². The topological polar surface area (TPSA) is 74.2 Å². The first kappa shape index (κ1) is 21.8. The highest BCUT2D eigenvalue weighted by Gasteiger charge is 2.41. The third kappa shape index (κ3) is 4.77. The molecule has 0 aliphatic carbocycles. The molecule has 7 heteroatoms. The molecule has 4 rings (SSSR count). The van der Waals surface area contributed by atoms with Crippen LogP contribution >= 0.6 is 15.9 Å². The monoisotopic (exact) mass is 485 g/mol. The molecule has 1 fully saturated rings. The average Bonchev–Trinajstić information content (AvgIpc) is 2.76. The Morgan fingerprint density at radius 2 is 1.97 bits per heavy atom. The zero-order valence-electron chi connectivity index (χ0n) is 17.9. The maximum absolute atomic E-state index is 11.8. The Morgan fingerprint density at radius 1 is 1.26 bits per heavy atom. The normalized spacial score (nSPS) is 20.4. The Bertz CT molecular complexity index is 982. The molecular formula is C24H28BrN3O3. The summed E-state index contributed by atoms with van der Waals surface area (Å²) in [6, 6.07) is 13.5. The van der Waals surface area contributed by atoms with Crippen molar-refractivity contribution in [3.63, 3.8) is 0 Å². The number of phenols is 1. The van der Waals surface area contributed by atoms with Crippen molar-refractivity contribution in [1.29, 1.82) is 0 Å². The quantitative estimate of drug-likeness (QED) is 0.672. The minimum absolute atomic E-state index is 0.0829. The number of ether oxygens (including phenoxy) is 1. The zero-order valence-corrected chi connectivity index (χ0v) is 19.5. The lowest BCUT2D eigenvalue weighted by atomic mass is 9.87. The fourth-order valence-corrected chi connectivity index (χ4v) is 4.82. The smallest absolute Gasteiger partial charge is 0.219 e. The van der Waals surface area contributed by atoms with E-state index in [4.69, 9.17) is 9.73 Å². The number of hydrogen-bond donors (Lipinski definition) is 2. The first-order chi connectivity index (χ1) is 14.9. The van der Waals surface area contributed by atoms with E-state index in [1.807, 2.05) is 48.2 Å². The van der Waals surface area contributed by atoms with Crippen molar-refractivity contribution >= 4 is 27.5 Å². The summed E-state index contributed by atoms with van der Waals surface area (Å²) in [5.41, 5.74) is 2.44. The lowest BCUT2D eigenvalue weighted by Crippen LogP contribution is -2.56. The molecule has 2 aliphatic heterocycles. The van der Waals surface area contributed by atoms with E-state index in [0.29, 0.717) is 26.1 Å². The Labute approximate surface area is 191 Å². The minimum Gasteiger partial charge on any atom is -0.508 e. The predicted octanol–water partition coefficient (Wildman–Crippen LogP) is 4.42. The second-order valence-corrected chi connectivity index (χ2v) is 9.07. The van der Waals surface area contributed by atoms with Gasteiger partial charge in [-0.15, -0.1) is 0 Å². The maximum Gasteiger partial charge on any atom is 0.219 e. The van der Waals surface area contributed by atoms with Gasteiger partial charge in [-0.05, 0) is 55.0 Å². The van der Waals surface area contributed by atoms with Crippen LogP contribution in [-0.2, 0) is 4.79 Å². The van der Waals surface area contributed by atoms with E-state index in [9.17, 15) is 9.90 Å². The number of nitrogens with one attached hydrogen (secondary N) is 1. The van der Waals surface area contributed by atoms with Crippen LogP contribution in [0.15, 0.2) is 51.9 Å². The lowest BCUT2D eigenvalue weighted by Gasteiger charge is -2.45. The zero-order chi connectivity index (χ0) is 22.0. The standard InChI is InChI=1S/C24H28BrN3O3/c1-3-31-19-7-4-17(5-8-19)21-15-22(20-14-18(25)6-9-23(20)30)27-24(26-21)10-12-28(13-11-24)16(2)29/h4-9,14,22,27,30H,3,10-13,15H2,1-2H3. The summed E-state index contributed by atoms with van der Waals surface area (Å²) in [5.74, 6) is 1.21. The van der Waals surface area contributed by atoms with Crippen molar-refractivity contribution in [2.24, 2.45) is 4.99 Å². The first-order valence-electron chi connectivity index (χ1n) is 10.7. The van der Waals surface area contributed by atoms with Gasteiger partial charge < -0.3 is 14.7 Å². The van der Waals surface area contributed by atoms with Gasteiger partial charge in [-0.2, -0.15) is 0 Å². The van der Waals surface area contributed by atoms with Gasteiger partial charge in [0.15, 0.2) is 0 Å². The molecule has 2 aliphatic rings. The summed E-state index contributed by atoms with van der Waals surface area (Å²) < 4.78 is 6.51. The van der Waals surface area contributed by atoms with Gasteiger partial charge in [-0.1, -0.05) is 15.9 Å². The highest BCUT2D eigenvalue weighted by atomic mass is 79.9. The van der Waals surface area contributed by atoms with Gasteiger partial charge in [0.2, 0.25) is 5.91 Å². The third-order valence-electron chi connectivity index (χ3n) is 6.09. The third-order valence-corrected chi connectivity index (χ3v) is 6.58. The second-order valence-electron chi connectivity index (χ2n) is 8.16. The molecular weight excluding hydrogens is 458 g/mol. The molecule has 2 N–H and O–H groups in total. The van der Waals surface area contributed by atoms with Crippen LogP contribution in [0.2, 0.25) is 0 Å². The number of benzene rings is 2. The summed E-state index contributed by atoms with van der Waals surface area (Å²) in [6.45, 7) is 5.55. The Hall–Kier alpha value is -2.38. The van der Waals surface area contributed by atoms with E-state index in [2.05, 4.69) is 21.2 Å². The van der Waals surface area contributed by atoms with Crippen LogP contribution in [0.5, 0.6) is 11.5 Å². The van der Waals surface area contributed by atoms with Crippen LogP contribution < -0.4 is 10.1 Å². The van der Waals surface area contributed by atoms with E-state index in [0.717, 1.165) is 39.9 Å². The summed E-state index contributed by atoms with van der Waals surface area (Å²) in [4.78, 5) is 18.9. The molecule has 1 unspecified atom stereocenters. The molecule has 0 aromatic heterocycles. The minimum atomic E-state index is -0.461. The van der Waals surface area contributed by atoms with Crippen molar-refractivity contribution in [2.45, 2.75) is 44.8 Å². The van der Waals surface area contributed by atoms with E-state index < -0.39 is 5.66 Å². The fraction of sp³-hybridized carbons (Fsp3) is 0.417. The second kappa shape index (κ2) is 9.01. The van der Waals surface area contributed by atoms with Gasteiger partial charge in [0, 0.05) is 61.1 Å². The Kier molecular flexibility index (Phi) is 6.34. The molecule has 2 aromatic carbocycles. The summed E-state index contributed by atoms with van der Waals surface area (Å²) >= 11 is 3.53. The number of likely N-dealkylation sites (tertiary alicyclic amines) is 1. The molecule has 2 aromatic rings. The number of carbonyl (C=O) groups is 1. The molecule has 2 heterocycles. The maximum atomic E-state index is 11.8. The van der Waals surface area contributed by atoms with Gasteiger partial charge in [-0.3, -0.25) is 15.1 Å². The van der Waals surface area contributed by atoms with Gasteiger partial charge in [0.1, 0.15) is 17.2 Å². The number of hydrogen-bond acceptors (Lipinski definition) is 5. The molecule has 1 amide bonds. The Balaban J connectivity index is 1.69.